The first-order valence-corrected chi connectivity index (χ1v) is 6.58. The van der Waals surface area contributed by atoms with E-state index >= 15 is 0 Å². The second-order valence-electron chi connectivity index (χ2n) is 3.95. The van der Waals surface area contributed by atoms with Gasteiger partial charge in [0.2, 0.25) is 0 Å². The van der Waals surface area contributed by atoms with Crippen LogP contribution in [0, 0.1) is 0 Å². The van der Waals surface area contributed by atoms with E-state index in [1.165, 1.54) is 5.56 Å². The van der Waals surface area contributed by atoms with Gasteiger partial charge < -0.3 is 4.98 Å². The molecule has 3 rings (SSSR count). The zero-order valence-corrected chi connectivity index (χ0v) is 10.7. The standard InChI is InChI=1S/C13H12N4S/c1-9(10-5-3-2-4-6-10)18-13-11-12(15-7-14-11)16-8-17-13/h2-9H,1H3,(H,14,15,16,17)/t9-/m0/s1. The molecule has 2 aromatic heterocycles. The number of hydrogen-bond acceptors (Lipinski definition) is 4. The second kappa shape index (κ2) is 4.78. The molecule has 90 valence electrons. The van der Waals surface area contributed by atoms with E-state index in [0.717, 1.165) is 10.5 Å². The number of fused-ring (bicyclic) bond motifs is 1. The number of hydrogen-bond donors (Lipinski definition) is 1. The Labute approximate surface area is 109 Å². The number of aromatic nitrogens is 4. The Morgan fingerprint density at radius 3 is 2.78 bits per heavy atom. The van der Waals surface area contributed by atoms with Crippen molar-refractivity contribution in [3.05, 3.63) is 48.5 Å². The van der Waals surface area contributed by atoms with Crippen molar-refractivity contribution in [1.82, 2.24) is 19.9 Å². The van der Waals surface area contributed by atoms with E-state index in [0.29, 0.717) is 10.9 Å². The normalized spacial score (nSPS) is 12.7. The molecule has 3 aromatic rings. The van der Waals surface area contributed by atoms with Crippen LogP contribution in [-0.2, 0) is 0 Å². The van der Waals surface area contributed by atoms with Crippen LogP contribution in [0.25, 0.3) is 11.2 Å². The van der Waals surface area contributed by atoms with Gasteiger partial charge in [-0.2, -0.15) is 0 Å². The van der Waals surface area contributed by atoms with Crippen LogP contribution in [0.5, 0.6) is 0 Å². The summed E-state index contributed by atoms with van der Waals surface area (Å²) < 4.78 is 0. The zero-order chi connectivity index (χ0) is 12.4. The Morgan fingerprint density at radius 2 is 1.94 bits per heavy atom. The lowest BCUT2D eigenvalue weighted by atomic mass is 10.2. The van der Waals surface area contributed by atoms with Gasteiger partial charge in [-0.25, -0.2) is 15.0 Å². The molecule has 0 unspecified atom stereocenters. The number of aromatic amines is 1. The third-order valence-electron chi connectivity index (χ3n) is 2.75. The van der Waals surface area contributed by atoms with Gasteiger partial charge in [0, 0.05) is 5.25 Å². The molecule has 1 N–H and O–H groups in total. The summed E-state index contributed by atoms with van der Waals surface area (Å²) in [6.45, 7) is 2.17. The van der Waals surface area contributed by atoms with Crippen molar-refractivity contribution in [1.29, 1.82) is 0 Å². The van der Waals surface area contributed by atoms with E-state index in [9.17, 15) is 0 Å². The molecule has 0 amide bonds. The van der Waals surface area contributed by atoms with Crippen molar-refractivity contribution in [3.8, 4) is 0 Å². The topological polar surface area (TPSA) is 54.5 Å². The van der Waals surface area contributed by atoms with E-state index in [-0.39, 0.29) is 0 Å². The number of nitrogens with zero attached hydrogens (tertiary/aromatic N) is 3. The van der Waals surface area contributed by atoms with Crippen molar-refractivity contribution in [2.75, 3.05) is 0 Å². The largest absolute Gasteiger partial charge is 0.341 e. The van der Waals surface area contributed by atoms with E-state index in [1.807, 2.05) is 6.07 Å². The number of H-pyrrole nitrogens is 1. The number of imidazole rings is 1. The van der Waals surface area contributed by atoms with Crippen LogP contribution in [0.1, 0.15) is 17.7 Å². The number of thioether (sulfide) groups is 1. The van der Waals surface area contributed by atoms with Crippen molar-refractivity contribution in [2.24, 2.45) is 0 Å². The average molecular weight is 256 g/mol. The van der Waals surface area contributed by atoms with Crippen molar-refractivity contribution < 1.29 is 0 Å². The number of benzene rings is 1. The second-order valence-corrected chi connectivity index (χ2v) is 5.28. The summed E-state index contributed by atoms with van der Waals surface area (Å²) in [7, 11) is 0. The highest BCUT2D eigenvalue weighted by atomic mass is 32.2. The monoisotopic (exact) mass is 256 g/mol. The Kier molecular flexibility index (Phi) is 2.98. The minimum atomic E-state index is 0.340. The summed E-state index contributed by atoms with van der Waals surface area (Å²) in [5.41, 5.74) is 2.91. The fourth-order valence-electron chi connectivity index (χ4n) is 1.79. The molecule has 0 radical (unpaired) electrons. The van der Waals surface area contributed by atoms with Gasteiger partial charge in [-0.1, -0.05) is 42.1 Å². The van der Waals surface area contributed by atoms with Crippen molar-refractivity contribution in [2.45, 2.75) is 17.2 Å². The van der Waals surface area contributed by atoms with Gasteiger partial charge in [0.1, 0.15) is 16.9 Å². The molecule has 5 heteroatoms. The summed E-state index contributed by atoms with van der Waals surface area (Å²) >= 11 is 1.71. The van der Waals surface area contributed by atoms with Crippen LogP contribution in [0.2, 0.25) is 0 Å². The summed E-state index contributed by atoms with van der Waals surface area (Å²) in [6, 6.07) is 10.4. The van der Waals surface area contributed by atoms with Crippen LogP contribution in [0.4, 0.5) is 0 Å². The molecular weight excluding hydrogens is 244 g/mol. The molecule has 4 nitrogen and oxygen atoms in total. The third-order valence-corrected chi connectivity index (χ3v) is 3.90. The highest BCUT2D eigenvalue weighted by Crippen LogP contribution is 2.35. The Hall–Kier alpha value is -1.88. The lowest BCUT2D eigenvalue weighted by Gasteiger charge is -2.10. The maximum Gasteiger partial charge on any atom is 0.181 e. The molecule has 0 aliphatic rings. The van der Waals surface area contributed by atoms with Crippen LogP contribution in [0.15, 0.2) is 48.0 Å². The SMILES string of the molecule is C[C@H](Sc1ncnc2nc[nH]c12)c1ccccc1. The maximum absolute atomic E-state index is 4.33. The van der Waals surface area contributed by atoms with E-state index < -0.39 is 0 Å². The van der Waals surface area contributed by atoms with Crippen molar-refractivity contribution in [3.63, 3.8) is 0 Å². The predicted molar refractivity (Wildman–Crippen MR) is 72.4 cm³/mol. The smallest absolute Gasteiger partial charge is 0.181 e. The fraction of sp³-hybridized carbons (Fsp3) is 0.154. The molecule has 0 saturated carbocycles. The van der Waals surface area contributed by atoms with Gasteiger partial charge in [-0.3, -0.25) is 0 Å². The van der Waals surface area contributed by atoms with Crippen molar-refractivity contribution >= 4 is 22.9 Å². The van der Waals surface area contributed by atoms with Gasteiger partial charge in [0.05, 0.1) is 6.33 Å². The molecular formula is C13H12N4S. The van der Waals surface area contributed by atoms with Gasteiger partial charge >= 0.3 is 0 Å². The van der Waals surface area contributed by atoms with Gasteiger partial charge in [-0.05, 0) is 12.5 Å². The van der Waals surface area contributed by atoms with E-state index in [4.69, 9.17) is 0 Å². The van der Waals surface area contributed by atoms with Gasteiger partial charge in [-0.15, -0.1) is 0 Å². The molecule has 1 aromatic carbocycles. The molecule has 2 heterocycles. The third kappa shape index (κ3) is 2.09. The molecule has 1 atom stereocenters. The lowest BCUT2D eigenvalue weighted by Crippen LogP contribution is -1.91. The van der Waals surface area contributed by atoms with Gasteiger partial charge in [0.25, 0.3) is 0 Å². The Morgan fingerprint density at radius 1 is 1.11 bits per heavy atom. The summed E-state index contributed by atoms with van der Waals surface area (Å²) in [6.07, 6.45) is 3.21. The molecule has 0 spiro atoms. The first-order valence-electron chi connectivity index (χ1n) is 5.70. The molecule has 0 bridgehead atoms. The molecule has 18 heavy (non-hydrogen) atoms. The minimum Gasteiger partial charge on any atom is -0.341 e. The number of nitrogens with one attached hydrogen (secondary N) is 1. The first kappa shape index (κ1) is 11.2. The van der Waals surface area contributed by atoms with E-state index in [2.05, 4.69) is 51.1 Å². The molecule has 0 fully saturated rings. The minimum absolute atomic E-state index is 0.340. The molecule has 0 saturated heterocycles. The van der Waals surface area contributed by atoms with Gasteiger partial charge in [0.15, 0.2) is 5.65 Å². The lowest BCUT2D eigenvalue weighted by molar-refractivity contribution is 1.05. The first-order chi connectivity index (χ1) is 8.84. The summed E-state index contributed by atoms with van der Waals surface area (Å²) in [4.78, 5) is 15.7. The molecule has 0 aliphatic heterocycles. The van der Waals surface area contributed by atoms with E-state index in [1.54, 1.807) is 24.4 Å². The van der Waals surface area contributed by atoms with Crippen LogP contribution in [-0.4, -0.2) is 19.9 Å². The van der Waals surface area contributed by atoms with Crippen LogP contribution < -0.4 is 0 Å². The summed E-state index contributed by atoms with van der Waals surface area (Å²) in [5, 5.41) is 1.28. The molecule has 0 aliphatic carbocycles. The Balaban J connectivity index is 1.91. The maximum atomic E-state index is 4.33. The zero-order valence-electron chi connectivity index (χ0n) is 9.87. The quantitative estimate of drug-likeness (QED) is 0.577. The van der Waals surface area contributed by atoms with Crippen LogP contribution >= 0.6 is 11.8 Å². The summed E-state index contributed by atoms with van der Waals surface area (Å²) in [5.74, 6) is 0. The highest BCUT2D eigenvalue weighted by Gasteiger charge is 2.12. The average Bonchev–Trinajstić information content (AvgIpc) is 2.89. The highest BCUT2D eigenvalue weighted by molar-refractivity contribution is 7.99. The Bertz CT molecular complexity index is 650. The predicted octanol–water partition coefficient (Wildman–Crippen LogP) is 3.21. The van der Waals surface area contributed by atoms with Crippen LogP contribution in [0.3, 0.4) is 0 Å². The fourth-order valence-corrected chi connectivity index (χ4v) is 2.80. The number of rotatable bonds is 3.